The summed E-state index contributed by atoms with van der Waals surface area (Å²) >= 11 is 4.64. The molecule has 0 spiro atoms. The molecule has 0 unspecified atom stereocenters. The van der Waals surface area contributed by atoms with E-state index in [1.165, 1.54) is 7.05 Å². The molecule has 0 radical (unpaired) electrons. The molecule has 0 saturated carbocycles. The van der Waals surface area contributed by atoms with Crippen molar-refractivity contribution in [2.45, 2.75) is 0 Å². The van der Waals surface area contributed by atoms with Gasteiger partial charge in [0.1, 0.15) is 0 Å². The van der Waals surface area contributed by atoms with Crippen molar-refractivity contribution in [2.24, 2.45) is 0 Å². The zero-order chi connectivity index (χ0) is 9.14. The standard InChI is InChI=1S/C5H7N5OS/c1-7-4(11)2-3(6)8-5(12)10-9-2/h1H3,(H,7,11)(H3,6,8,10,12). The lowest BCUT2D eigenvalue weighted by Gasteiger charge is -1.99. The van der Waals surface area contributed by atoms with E-state index in [0.717, 1.165) is 0 Å². The average molecular weight is 185 g/mol. The molecular weight excluding hydrogens is 178 g/mol. The van der Waals surface area contributed by atoms with Gasteiger partial charge in [0.25, 0.3) is 5.91 Å². The normalized spacial score (nSPS) is 9.42. The highest BCUT2D eigenvalue weighted by Crippen LogP contribution is 2.00. The number of amides is 1. The number of H-pyrrole nitrogens is 1. The van der Waals surface area contributed by atoms with Crippen molar-refractivity contribution in [2.75, 3.05) is 12.8 Å². The van der Waals surface area contributed by atoms with Gasteiger partial charge in [-0.2, -0.15) is 10.1 Å². The van der Waals surface area contributed by atoms with Crippen molar-refractivity contribution in [3.8, 4) is 0 Å². The summed E-state index contributed by atoms with van der Waals surface area (Å²) in [5.74, 6) is -0.371. The van der Waals surface area contributed by atoms with E-state index in [4.69, 9.17) is 5.73 Å². The third-order valence-electron chi connectivity index (χ3n) is 1.17. The fourth-order valence-corrected chi connectivity index (χ4v) is 0.778. The van der Waals surface area contributed by atoms with Gasteiger partial charge in [0.2, 0.25) is 4.77 Å². The first-order valence-electron chi connectivity index (χ1n) is 3.09. The summed E-state index contributed by atoms with van der Waals surface area (Å²) < 4.78 is 0.153. The van der Waals surface area contributed by atoms with Gasteiger partial charge in [-0.1, -0.05) is 0 Å². The Bertz CT molecular complexity index is 359. The predicted molar refractivity (Wildman–Crippen MR) is 45.0 cm³/mol. The van der Waals surface area contributed by atoms with Crippen LogP contribution < -0.4 is 11.1 Å². The SMILES string of the molecule is CNC(=O)c1n[nH]c(=S)nc1N. The van der Waals surface area contributed by atoms with Gasteiger partial charge in [0.05, 0.1) is 0 Å². The predicted octanol–water partition coefficient (Wildman–Crippen LogP) is -0.524. The van der Waals surface area contributed by atoms with E-state index in [2.05, 4.69) is 32.7 Å². The fraction of sp³-hybridized carbons (Fsp3) is 0.200. The highest BCUT2D eigenvalue weighted by atomic mass is 32.1. The molecule has 0 aliphatic carbocycles. The topological polar surface area (TPSA) is 96.7 Å². The van der Waals surface area contributed by atoms with Crippen molar-refractivity contribution in [3.63, 3.8) is 0 Å². The summed E-state index contributed by atoms with van der Waals surface area (Å²) in [7, 11) is 1.48. The maximum Gasteiger partial charge on any atom is 0.275 e. The summed E-state index contributed by atoms with van der Waals surface area (Å²) in [5, 5.41) is 8.35. The van der Waals surface area contributed by atoms with E-state index in [9.17, 15) is 4.79 Å². The van der Waals surface area contributed by atoms with Crippen LogP contribution in [0.3, 0.4) is 0 Å². The second-order valence-electron chi connectivity index (χ2n) is 1.95. The van der Waals surface area contributed by atoms with Crippen LogP contribution in [-0.4, -0.2) is 28.1 Å². The minimum Gasteiger partial charge on any atom is -0.382 e. The molecule has 1 aromatic heterocycles. The number of nitrogens with two attached hydrogens (primary N) is 1. The van der Waals surface area contributed by atoms with Crippen LogP contribution in [0.2, 0.25) is 0 Å². The summed E-state index contributed by atoms with van der Waals surface area (Å²) in [4.78, 5) is 14.7. The van der Waals surface area contributed by atoms with Crippen molar-refractivity contribution in [1.29, 1.82) is 0 Å². The number of hydrogen-bond acceptors (Lipinski definition) is 5. The first kappa shape index (κ1) is 8.60. The maximum absolute atomic E-state index is 11.0. The van der Waals surface area contributed by atoms with E-state index in [0.29, 0.717) is 0 Å². The van der Waals surface area contributed by atoms with Gasteiger partial charge in [0, 0.05) is 7.05 Å². The van der Waals surface area contributed by atoms with Crippen molar-refractivity contribution in [1.82, 2.24) is 20.5 Å². The molecule has 7 heteroatoms. The number of rotatable bonds is 1. The Hall–Kier alpha value is -1.50. The number of aromatic nitrogens is 3. The van der Waals surface area contributed by atoms with Gasteiger partial charge in [-0.3, -0.25) is 9.89 Å². The Kier molecular flexibility index (Phi) is 2.34. The molecule has 0 aliphatic rings. The lowest BCUT2D eigenvalue weighted by molar-refractivity contribution is 0.0957. The fourth-order valence-electron chi connectivity index (χ4n) is 0.634. The average Bonchev–Trinajstić information content (AvgIpc) is 2.03. The molecule has 1 amide bonds. The molecule has 0 fully saturated rings. The van der Waals surface area contributed by atoms with Crippen molar-refractivity contribution < 1.29 is 4.79 Å². The van der Waals surface area contributed by atoms with Crippen LogP contribution in [0.5, 0.6) is 0 Å². The van der Waals surface area contributed by atoms with Gasteiger partial charge < -0.3 is 11.1 Å². The van der Waals surface area contributed by atoms with Crippen LogP contribution in [0.4, 0.5) is 5.82 Å². The Morgan fingerprint density at radius 1 is 1.75 bits per heavy atom. The highest BCUT2D eigenvalue weighted by Gasteiger charge is 2.09. The van der Waals surface area contributed by atoms with Gasteiger partial charge in [-0.15, -0.1) is 0 Å². The molecule has 0 bridgehead atoms. The monoisotopic (exact) mass is 185 g/mol. The van der Waals surface area contributed by atoms with Crippen LogP contribution in [0, 0.1) is 4.77 Å². The van der Waals surface area contributed by atoms with Crippen LogP contribution in [0.25, 0.3) is 0 Å². The smallest absolute Gasteiger partial charge is 0.275 e. The molecule has 4 N–H and O–H groups in total. The highest BCUT2D eigenvalue weighted by molar-refractivity contribution is 7.71. The Labute approximate surface area is 73.2 Å². The largest absolute Gasteiger partial charge is 0.382 e. The second-order valence-corrected chi connectivity index (χ2v) is 2.34. The number of nitrogens with zero attached hydrogens (tertiary/aromatic N) is 2. The second kappa shape index (κ2) is 3.26. The van der Waals surface area contributed by atoms with E-state index in [1.807, 2.05) is 0 Å². The number of aromatic amines is 1. The van der Waals surface area contributed by atoms with Gasteiger partial charge in [-0.25, -0.2) is 0 Å². The number of carbonyl (C=O) groups excluding carboxylic acids is 1. The first-order chi connectivity index (χ1) is 5.65. The first-order valence-corrected chi connectivity index (χ1v) is 3.50. The zero-order valence-electron chi connectivity index (χ0n) is 6.29. The molecule has 1 aromatic rings. The third kappa shape index (κ3) is 1.56. The van der Waals surface area contributed by atoms with Crippen molar-refractivity contribution >= 4 is 23.9 Å². The molecular formula is C5H7N5OS. The molecule has 0 saturated heterocycles. The summed E-state index contributed by atoms with van der Waals surface area (Å²) in [6.07, 6.45) is 0. The number of carbonyl (C=O) groups is 1. The van der Waals surface area contributed by atoms with Gasteiger partial charge >= 0.3 is 0 Å². The quantitative estimate of drug-likeness (QED) is 0.511. The molecule has 12 heavy (non-hydrogen) atoms. The minimum atomic E-state index is -0.397. The van der Waals surface area contributed by atoms with Gasteiger partial charge in [-0.05, 0) is 12.2 Å². The van der Waals surface area contributed by atoms with Crippen LogP contribution in [-0.2, 0) is 0 Å². The zero-order valence-corrected chi connectivity index (χ0v) is 7.10. The molecule has 64 valence electrons. The van der Waals surface area contributed by atoms with E-state index < -0.39 is 5.91 Å². The number of anilines is 1. The van der Waals surface area contributed by atoms with Crippen LogP contribution in [0.15, 0.2) is 0 Å². The molecule has 0 atom stereocenters. The molecule has 1 heterocycles. The molecule has 0 aliphatic heterocycles. The molecule has 0 aromatic carbocycles. The maximum atomic E-state index is 11.0. The lowest BCUT2D eigenvalue weighted by atomic mass is 10.4. The third-order valence-corrected chi connectivity index (χ3v) is 1.35. The summed E-state index contributed by atoms with van der Waals surface area (Å²) in [6.45, 7) is 0. The minimum absolute atomic E-state index is 0.0260. The number of nitrogen functional groups attached to an aromatic ring is 1. The number of hydrogen-bond donors (Lipinski definition) is 3. The Balaban J connectivity index is 3.18. The van der Waals surface area contributed by atoms with Crippen LogP contribution >= 0.6 is 12.2 Å². The van der Waals surface area contributed by atoms with Gasteiger partial charge in [0.15, 0.2) is 11.5 Å². The molecule has 1 rings (SSSR count). The van der Waals surface area contributed by atoms with Crippen molar-refractivity contribution in [3.05, 3.63) is 10.5 Å². The summed E-state index contributed by atoms with van der Waals surface area (Å²) in [5.41, 5.74) is 5.42. The number of nitrogens with one attached hydrogen (secondary N) is 2. The van der Waals surface area contributed by atoms with Crippen LogP contribution in [0.1, 0.15) is 10.5 Å². The van der Waals surface area contributed by atoms with E-state index in [-0.39, 0.29) is 16.3 Å². The Morgan fingerprint density at radius 3 is 2.92 bits per heavy atom. The molecule has 6 nitrogen and oxygen atoms in total. The lowest BCUT2D eigenvalue weighted by Crippen LogP contribution is -2.22. The summed E-state index contributed by atoms with van der Waals surface area (Å²) in [6, 6.07) is 0. The van der Waals surface area contributed by atoms with E-state index in [1.54, 1.807) is 0 Å². The Morgan fingerprint density at radius 2 is 2.42 bits per heavy atom. The van der Waals surface area contributed by atoms with E-state index >= 15 is 0 Å².